The normalized spacial score (nSPS) is 21.9. The molecule has 5 heteroatoms. The van der Waals surface area contributed by atoms with Gasteiger partial charge in [-0.2, -0.15) is 0 Å². The zero-order valence-corrected chi connectivity index (χ0v) is 12.0. The Morgan fingerprint density at radius 2 is 2.10 bits per heavy atom. The average molecular weight is 278 g/mol. The standard InChI is InChI=1S/C15H22N2O3/c1-3-8-16-14-10-20-9-13(14)15(19)17(2)11-4-6-12(18)7-5-11/h4-7,13-14,16,18H,3,8-10H2,1-2H3. The van der Waals surface area contributed by atoms with Crippen LogP contribution in [0.2, 0.25) is 0 Å². The summed E-state index contributed by atoms with van der Waals surface area (Å²) in [5.41, 5.74) is 0.772. The highest BCUT2D eigenvalue weighted by Crippen LogP contribution is 2.22. The molecule has 0 spiro atoms. The number of carbonyl (C=O) groups excluding carboxylic acids is 1. The predicted octanol–water partition coefficient (Wildman–Crippen LogP) is 1.37. The minimum atomic E-state index is -0.152. The minimum Gasteiger partial charge on any atom is -0.508 e. The Labute approximate surface area is 119 Å². The van der Waals surface area contributed by atoms with Gasteiger partial charge in [0.05, 0.1) is 19.1 Å². The van der Waals surface area contributed by atoms with E-state index in [1.165, 1.54) is 0 Å². The van der Waals surface area contributed by atoms with E-state index in [1.54, 1.807) is 36.2 Å². The second-order valence-electron chi connectivity index (χ2n) is 5.12. The summed E-state index contributed by atoms with van der Waals surface area (Å²) in [5, 5.41) is 12.7. The smallest absolute Gasteiger partial charge is 0.233 e. The molecule has 1 amide bonds. The van der Waals surface area contributed by atoms with Gasteiger partial charge in [0.1, 0.15) is 5.75 Å². The van der Waals surface area contributed by atoms with Gasteiger partial charge in [-0.15, -0.1) is 0 Å². The van der Waals surface area contributed by atoms with Gasteiger partial charge < -0.3 is 20.1 Å². The fourth-order valence-corrected chi connectivity index (χ4v) is 2.38. The van der Waals surface area contributed by atoms with E-state index in [2.05, 4.69) is 12.2 Å². The number of nitrogens with one attached hydrogen (secondary N) is 1. The number of hydrogen-bond acceptors (Lipinski definition) is 4. The van der Waals surface area contributed by atoms with Crippen molar-refractivity contribution >= 4 is 11.6 Å². The Kier molecular flexibility index (Phi) is 4.98. The molecule has 2 rings (SSSR count). The highest BCUT2D eigenvalue weighted by atomic mass is 16.5. The average Bonchev–Trinajstić information content (AvgIpc) is 2.92. The van der Waals surface area contributed by atoms with Crippen LogP contribution in [0.25, 0.3) is 0 Å². The molecule has 0 aromatic heterocycles. The van der Waals surface area contributed by atoms with Gasteiger partial charge in [0.2, 0.25) is 5.91 Å². The molecule has 5 nitrogen and oxygen atoms in total. The van der Waals surface area contributed by atoms with Crippen LogP contribution in [0.5, 0.6) is 5.75 Å². The maximum Gasteiger partial charge on any atom is 0.233 e. The topological polar surface area (TPSA) is 61.8 Å². The number of phenolic OH excluding ortho intramolecular Hbond substituents is 1. The van der Waals surface area contributed by atoms with Crippen LogP contribution in [0.1, 0.15) is 13.3 Å². The Morgan fingerprint density at radius 3 is 2.75 bits per heavy atom. The molecule has 0 saturated carbocycles. The first-order valence-electron chi connectivity index (χ1n) is 7.01. The number of carbonyl (C=O) groups is 1. The molecule has 2 atom stereocenters. The number of hydrogen-bond donors (Lipinski definition) is 2. The van der Waals surface area contributed by atoms with Gasteiger partial charge in [-0.1, -0.05) is 6.92 Å². The van der Waals surface area contributed by atoms with Gasteiger partial charge in [-0.05, 0) is 37.2 Å². The van der Waals surface area contributed by atoms with Crippen LogP contribution in [0.3, 0.4) is 0 Å². The lowest BCUT2D eigenvalue weighted by Gasteiger charge is -2.24. The summed E-state index contributed by atoms with van der Waals surface area (Å²) in [4.78, 5) is 14.2. The molecule has 110 valence electrons. The van der Waals surface area contributed by atoms with Crippen molar-refractivity contribution in [1.29, 1.82) is 0 Å². The first kappa shape index (κ1) is 14.8. The lowest BCUT2D eigenvalue weighted by molar-refractivity contribution is -0.122. The van der Waals surface area contributed by atoms with Crippen LogP contribution in [-0.4, -0.2) is 43.9 Å². The summed E-state index contributed by atoms with van der Waals surface area (Å²) >= 11 is 0. The molecular weight excluding hydrogens is 256 g/mol. The lowest BCUT2D eigenvalue weighted by atomic mass is 10.0. The molecule has 20 heavy (non-hydrogen) atoms. The van der Waals surface area contributed by atoms with Crippen molar-refractivity contribution in [2.45, 2.75) is 19.4 Å². The summed E-state index contributed by atoms with van der Waals surface area (Å²) in [7, 11) is 1.75. The Bertz CT molecular complexity index is 447. The first-order valence-corrected chi connectivity index (χ1v) is 7.01. The molecule has 2 unspecified atom stereocenters. The largest absolute Gasteiger partial charge is 0.508 e. The third-order valence-corrected chi connectivity index (χ3v) is 3.62. The van der Waals surface area contributed by atoms with Crippen LogP contribution in [0.4, 0.5) is 5.69 Å². The van der Waals surface area contributed by atoms with Crippen LogP contribution in [0, 0.1) is 5.92 Å². The second kappa shape index (κ2) is 6.72. The fourth-order valence-electron chi connectivity index (χ4n) is 2.38. The number of benzene rings is 1. The summed E-state index contributed by atoms with van der Waals surface area (Å²) in [6.45, 7) is 4.03. The van der Waals surface area contributed by atoms with Gasteiger partial charge in [0.15, 0.2) is 0 Å². The quantitative estimate of drug-likeness (QED) is 0.854. The number of nitrogens with zero attached hydrogens (tertiary/aromatic N) is 1. The SMILES string of the molecule is CCCNC1COCC1C(=O)N(C)c1ccc(O)cc1. The Morgan fingerprint density at radius 1 is 1.40 bits per heavy atom. The van der Waals surface area contributed by atoms with Gasteiger partial charge in [-0.25, -0.2) is 0 Å². The van der Waals surface area contributed by atoms with E-state index >= 15 is 0 Å². The third kappa shape index (κ3) is 3.29. The summed E-state index contributed by atoms with van der Waals surface area (Å²) in [5.74, 6) is 0.0865. The zero-order valence-electron chi connectivity index (χ0n) is 12.0. The van der Waals surface area contributed by atoms with E-state index in [0.717, 1.165) is 18.7 Å². The van der Waals surface area contributed by atoms with E-state index in [4.69, 9.17) is 4.74 Å². The number of anilines is 1. The van der Waals surface area contributed by atoms with Crippen LogP contribution in [0.15, 0.2) is 24.3 Å². The van der Waals surface area contributed by atoms with Crippen molar-refractivity contribution in [3.8, 4) is 5.75 Å². The van der Waals surface area contributed by atoms with Crippen molar-refractivity contribution in [2.75, 3.05) is 31.7 Å². The lowest BCUT2D eigenvalue weighted by Crippen LogP contribution is -2.45. The monoisotopic (exact) mass is 278 g/mol. The number of amides is 1. The maximum atomic E-state index is 12.5. The summed E-state index contributed by atoms with van der Waals surface area (Å²) in [6, 6.07) is 6.71. The van der Waals surface area contributed by atoms with Gasteiger partial charge in [0.25, 0.3) is 0 Å². The van der Waals surface area contributed by atoms with Crippen molar-refractivity contribution in [3.63, 3.8) is 0 Å². The molecule has 1 aromatic carbocycles. The van der Waals surface area contributed by atoms with Crippen molar-refractivity contribution in [2.24, 2.45) is 5.92 Å². The number of rotatable bonds is 5. The van der Waals surface area contributed by atoms with Crippen molar-refractivity contribution in [1.82, 2.24) is 5.32 Å². The highest BCUT2D eigenvalue weighted by molar-refractivity contribution is 5.95. The molecule has 1 heterocycles. The minimum absolute atomic E-state index is 0.0433. The molecule has 0 radical (unpaired) electrons. The van der Waals surface area contributed by atoms with Crippen molar-refractivity contribution in [3.05, 3.63) is 24.3 Å². The fraction of sp³-hybridized carbons (Fsp3) is 0.533. The molecular formula is C15H22N2O3. The number of aromatic hydroxyl groups is 1. The maximum absolute atomic E-state index is 12.5. The summed E-state index contributed by atoms with van der Waals surface area (Å²) < 4.78 is 5.44. The summed E-state index contributed by atoms with van der Waals surface area (Å²) in [6.07, 6.45) is 1.03. The highest BCUT2D eigenvalue weighted by Gasteiger charge is 2.35. The molecule has 0 bridgehead atoms. The molecule has 1 aromatic rings. The molecule has 1 fully saturated rings. The molecule has 1 aliphatic heterocycles. The third-order valence-electron chi connectivity index (χ3n) is 3.62. The molecule has 0 aliphatic carbocycles. The van der Waals surface area contributed by atoms with Gasteiger partial charge in [-0.3, -0.25) is 4.79 Å². The van der Waals surface area contributed by atoms with E-state index < -0.39 is 0 Å². The van der Waals surface area contributed by atoms with Crippen LogP contribution in [-0.2, 0) is 9.53 Å². The Hall–Kier alpha value is -1.59. The van der Waals surface area contributed by atoms with Gasteiger partial charge >= 0.3 is 0 Å². The zero-order chi connectivity index (χ0) is 14.5. The van der Waals surface area contributed by atoms with E-state index in [1.807, 2.05) is 0 Å². The molecule has 1 aliphatic rings. The van der Waals surface area contributed by atoms with E-state index in [0.29, 0.717) is 13.2 Å². The van der Waals surface area contributed by atoms with E-state index in [9.17, 15) is 9.90 Å². The van der Waals surface area contributed by atoms with Gasteiger partial charge in [0, 0.05) is 18.8 Å². The Balaban J connectivity index is 2.03. The molecule has 2 N–H and O–H groups in total. The van der Waals surface area contributed by atoms with E-state index in [-0.39, 0.29) is 23.6 Å². The van der Waals surface area contributed by atoms with Crippen LogP contribution < -0.4 is 10.2 Å². The molecule has 1 saturated heterocycles. The number of phenols is 1. The van der Waals surface area contributed by atoms with Crippen molar-refractivity contribution < 1.29 is 14.6 Å². The first-order chi connectivity index (χ1) is 9.63. The number of ether oxygens (including phenoxy) is 1. The second-order valence-corrected chi connectivity index (χ2v) is 5.12. The predicted molar refractivity (Wildman–Crippen MR) is 77.9 cm³/mol. The van der Waals surface area contributed by atoms with Crippen LogP contribution >= 0.6 is 0 Å².